The summed E-state index contributed by atoms with van der Waals surface area (Å²) in [5.74, 6) is 0. The minimum Gasteiger partial charge on any atom is -0.443 e. The van der Waals surface area contributed by atoms with E-state index >= 15 is 0 Å². The smallest absolute Gasteiger partial charge is 0.404 e. The molecular weight excluding hydrogens is 230 g/mol. The highest BCUT2D eigenvalue weighted by molar-refractivity contribution is 5.64. The van der Waals surface area contributed by atoms with Crippen molar-refractivity contribution in [3.8, 4) is 0 Å². The summed E-state index contributed by atoms with van der Waals surface area (Å²) in [4.78, 5) is 10.9. The molecule has 0 aliphatic heterocycles. The predicted molar refractivity (Wildman–Crippen MR) is 70.1 cm³/mol. The maximum absolute atomic E-state index is 10.9. The van der Waals surface area contributed by atoms with Crippen molar-refractivity contribution < 1.29 is 14.6 Å². The van der Waals surface area contributed by atoms with Gasteiger partial charge in [0.25, 0.3) is 0 Å². The van der Waals surface area contributed by atoms with Crippen molar-refractivity contribution in [1.82, 2.24) is 0 Å². The molecule has 0 fully saturated rings. The summed E-state index contributed by atoms with van der Waals surface area (Å²) in [6.45, 7) is 5.67. The van der Waals surface area contributed by atoms with Gasteiger partial charge < -0.3 is 15.6 Å². The molecule has 4 nitrogen and oxygen atoms in total. The molecule has 3 N–H and O–H groups in total. The van der Waals surface area contributed by atoms with Crippen molar-refractivity contribution in [3.63, 3.8) is 0 Å². The molecule has 0 saturated carbocycles. The van der Waals surface area contributed by atoms with Crippen LogP contribution in [0.1, 0.15) is 26.3 Å². The monoisotopic (exact) mass is 251 g/mol. The first-order valence-corrected chi connectivity index (χ1v) is 5.99. The molecule has 1 aromatic rings. The zero-order chi connectivity index (χ0) is 13.8. The van der Waals surface area contributed by atoms with Gasteiger partial charge in [0.1, 0.15) is 6.10 Å². The highest BCUT2D eigenvalue weighted by Gasteiger charge is 2.32. The molecule has 0 aromatic heterocycles. The van der Waals surface area contributed by atoms with Crippen molar-refractivity contribution >= 4 is 6.09 Å². The van der Waals surface area contributed by atoms with Crippen LogP contribution in [0.5, 0.6) is 0 Å². The summed E-state index contributed by atoms with van der Waals surface area (Å²) >= 11 is 0. The van der Waals surface area contributed by atoms with Gasteiger partial charge in [-0.2, -0.15) is 0 Å². The van der Waals surface area contributed by atoms with E-state index in [-0.39, 0.29) is 5.41 Å². The number of primary amides is 1. The van der Waals surface area contributed by atoms with Gasteiger partial charge in [0, 0.05) is 6.42 Å². The van der Waals surface area contributed by atoms with E-state index in [0.29, 0.717) is 6.42 Å². The molecule has 1 aromatic carbocycles. The first-order chi connectivity index (χ1) is 8.30. The third kappa shape index (κ3) is 4.37. The number of hydrogen-bond acceptors (Lipinski definition) is 3. The van der Waals surface area contributed by atoms with E-state index in [0.717, 1.165) is 5.56 Å². The Hall–Kier alpha value is -1.55. The topological polar surface area (TPSA) is 72.6 Å². The summed E-state index contributed by atoms with van der Waals surface area (Å²) in [6.07, 6.45) is -1.82. The molecule has 0 spiro atoms. The normalized spacial score (nSPS) is 14.9. The molecule has 0 radical (unpaired) electrons. The Balaban J connectivity index is 2.82. The second kappa shape index (κ2) is 5.87. The molecule has 0 aliphatic rings. The quantitative estimate of drug-likeness (QED) is 0.860. The first-order valence-electron chi connectivity index (χ1n) is 5.99. The fraction of sp³-hybridized carbons (Fsp3) is 0.500. The van der Waals surface area contributed by atoms with E-state index < -0.39 is 18.3 Å². The number of aliphatic hydroxyl groups excluding tert-OH is 1. The van der Waals surface area contributed by atoms with Crippen molar-refractivity contribution in [3.05, 3.63) is 35.9 Å². The van der Waals surface area contributed by atoms with Gasteiger partial charge in [-0.05, 0) is 11.0 Å². The fourth-order valence-electron chi connectivity index (χ4n) is 1.77. The third-order valence-corrected chi connectivity index (χ3v) is 2.79. The first kappa shape index (κ1) is 14.5. The van der Waals surface area contributed by atoms with Crippen molar-refractivity contribution in [2.24, 2.45) is 11.1 Å². The second-order valence-electron chi connectivity index (χ2n) is 5.48. The number of nitrogens with two attached hydrogens (primary N) is 1. The van der Waals surface area contributed by atoms with Crippen LogP contribution in [0, 0.1) is 5.41 Å². The van der Waals surface area contributed by atoms with Gasteiger partial charge in [-0.1, -0.05) is 51.1 Å². The summed E-state index contributed by atoms with van der Waals surface area (Å²) < 4.78 is 5.03. The minimum absolute atomic E-state index is 0.380. The largest absolute Gasteiger partial charge is 0.443 e. The van der Waals surface area contributed by atoms with E-state index in [1.54, 1.807) is 0 Å². The average molecular weight is 251 g/mol. The highest BCUT2D eigenvalue weighted by atomic mass is 16.6. The lowest BCUT2D eigenvalue weighted by molar-refractivity contribution is -0.0484. The molecule has 2 atom stereocenters. The van der Waals surface area contributed by atoms with Crippen LogP contribution in [0.2, 0.25) is 0 Å². The highest BCUT2D eigenvalue weighted by Crippen LogP contribution is 2.25. The minimum atomic E-state index is -0.862. The molecule has 1 rings (SSSR count). The zero-order valence-corrected chi connectivity index (χ0v) is 11.1. The van der Waals surface area contributed by atoms with Gasteiger partial charge in [0.05, 0.1) is 6.10 Å². The van der Waals surface area contributed by atoms with Crippen LogP contribution in [0.4, 0.5) is 4.79 Å². The van der Waals surface area contributed by atoms with E-state index in [4.69, 9.17) is 10.5 Å². The second-order valence-corrected chi connectivity index (χ2v) is 5.48. The number of ether oxygens (including phenoxy) is 1. The fourth-order valence-corrected chi connectivity index (χ4v) is 1.77. The van der Waals surface area contributed by atoms with Crippen LogP contribution in [-0.2, 0) is 11.2 Å². The van der Waals surface area contributed by atoms with E-state index in [9.17, 15) is 9.90 Å². The number of carbonyl (C=O) groups is 1. The number of amides is 1. The molecule has 18 heavy (non-hydrogen) atoms. The molecule has 0 bridgehead atoms. The Labute approximate surface area is 108 Å². The number of benzene rings is 1. The average Bonchev–Trinajstić information content (AvgIpc) is 2.26. The van der Waals surface area contributed by atoms with Crippen LogP contribution >= 0.6 is 0 Å². The van der Waals surface area contributed by atoms with E-state index in [1.807, 2.05) is 51.1 Å². The molecule has 0 aliphatic carbocycles. The molecule has 0 heterocycles. The summed E-state index contributed by atoms with van der Waals surface area (Å²) in [5, 5.41) is 10.2. The van der Waals surface area contributed by atoms with Crippen molar-refractivity contribution in [2.45, 2.75) is 39.4 Å². The summed E-state index contributed by atoms with van der Waals surface area (Å²) in [7, 11) is 0. The Morgan fingerprint density at radius 1 is 1.33 bits per heavy atom. The number of hydrogen-bond donors (Lipinski definition) is 2. The molecule has 2 unspecified atom stereocenters. The van der Waals surface area contributed by atoms with Crippen molar-refractivity contribution in [1.29, 1.82) is 0 Å². The maximum atomic E-state index is 10.9. The lowest BCUT2D eigenvalue weighted by atomic mass is 9.84. The Morgan fingerprint density at radius 3 is 2.33 bits per heavy atom. The van der Waals surface area contributed by atoms with Gasteiger partial charge in [0.2, 0.25) is 0 Å². The molecule has 100 valence electrons. The Kier molecular flexibility index (Phi) is 4.73. The van der Waals surface area contributed by atoms with Gasteiger partial charge >= 0.3 is 6.09 Å². The Morgan fingerprint density at radius 2 is 1.89 bits per heavy atom. The standard InChI is InChI=1S/C14H21NO3/c1-14(2,3)12(16)11(18-13(15)17)9-10-7-5-4-6-8-10/h4-8,11-12,16H,9H2,1-3H3,(H2,15,17). The SMILES string of the molecule is CC(C)(C)C(O)C(Cc1ccccc1)OC(N)=O. The lowest BCUT2D eigenvalue weighted by Crippen LogP contribution is -2.42. The maximum Gasteiger partial charge on any atom is 0.404 e. The molecule has 0 saturated heterocycles. The van der Waals surface area contributed by atoms with Crippen LogP contribution in [-0.4, -0.2) is 23.4 Å². The number of aliphatic hydroxyl groups is 1. The molecule has 1 amide bonds. The van der Waals surface area contributed by atoms with Crippen LogP contribution in [0.15, 0.2) is 30.3 Å². The lowest BCUT2D eigenvalue weighted by Gasteiger charge is -2.32. The summed E-state index contributed by atoms with van der Waals surface area (Å²) in [5.41, 5.74) is 5.67. The van der Waals surface area contributed by atoms with Crippen LogP contribution in [0.25, 0.3) is 0 Å². The molecule has 4 heteroatoms. The van der Waals surface area contributed by atoms with Gasteiger partial charge in [-0.15, -0.1) is 0 Å². The van der Waals surface area contributed by atoms with Gasteiger partial charge in [0.15, 0.2) is 0 Å². The van der Waals surface area contributed by atoms with E-state index in [2.05, 4.69) is 0 Å². The third-order valence-electron chi connectivity index (χ3n) is 2.79. The van der Waals surface area contributed by atoms with Crippen molar-refractivity contribution in [2.75, 3.05) is 0 Å². The predicted octanol–water partition coefficient (Wildman–Crippen LogP) is 2.10. The van der Waals surface area contributed by atoms with Crippen LogP contribution in [0.3, 0.4) is 0 Å². The Bertz CT molecular complexity index is 384. The number of rotatable bonds is 4. The zero-order valence-electron chi connectivity index (χ0n) is 11.1. The van der Waals surface area contributed by atoms with Crippen LogP contribution < -0.4 is 5.73 Å². The van der Waals surface area contributed by atoms with Gasteiger partial charge in [-0.3, -0.25) is 0 Å². The summed E-state index contributed by atoms with van der Waals surface area (Å²) in [6, 6.07) is 9.56. The van der Waals surface area contributed by atoms with E-state index in [1.165, 1.54) is 0 Å². The van der Waals surface area contributed by atoms with Gasteiger partial charge in [-0.25, -0.2) is 4.79 Å². The molecular formula is C14H21NO3. The number of carbonyl (C=O) groups excluding carboxylic acids is 1.